The first-order valence-corrected chi connectivity index (χ1v) is 8.42. The number of rotatable bonds is 5. The smallest absolute Gasteiger partial charge is 0.293 e. The van der Waals surface area contributed by atoms with Crippen LogP contribution in [0.25, 0.3) is 0 Å². The molecule has 1 aliphatic heterocycles. The quantitative estimate of drug-likeness (QED) is 0.450. The maximum atomic E-state index is 11.2. The van der Waals surface area contributed by atoms with Crippen molar-refractivity contribution in [1.29, 1.82) is 0 Å². The van der Waals surface area contributed by atoms with Crippen LogP contribution in [-0.2, 0) is 4.74 Å². The lowest BCUT2D eigenvalue weighted by atomic mass is 9.86. The lowest BCUT2D eigenvalue weighted by molar-refractivity contribution is -0.384. The minimum atomic E-state index is -0.323. The molecule has 1 atom stereocenters. The van der Waals surface area contributed by atoms with Crippen LogP contribution in [0.15, 0.2) is 18.2 Å². The highest BCUT2D eigenvalue weighted by atomic mass is 127. The van der Waals surface area contributed by atoms with E-state index in [2.05, 4.69) is 41.8 Å². The number of anilines is 1. The summed E-state index contributed by atoms with van der Waals surface area (Å²) in [6, 6.07) is 5.52. The molecular formula is C15H21IN2O3. The summed E-state index contributed by atoms with van der Waals surface area (Å²) >= 11 is 2.09. The van der Waals surface area contributed by atoms with Crippen molar-refractivity contribution in [2.75, 3.05) is 11.9 Å². The highest BCUT2D eigenvalue weighted by Gasteiger charge is 2.35. The zero-order chi connectivity index (χ0) is 15.5. The SMILES string of the molecule is CCC1(CC)CC(Nc2ccc(I)cc2[N+](=O)[O-])CCO1. The van der Waals surface area contributed by atoms with Crippen LogP contribution in [0.5, 0.6) is 0 Å². The zero-order valence-corrected chi connectivity index (χ0v) is 14.6. The first kappa shape index (κ1) is 16.5. The van der Waals surface area contributed by atoms with Gasteiger partial charge in [-0.3, -0.25) is 10.1 Å². The minimum absolute atomic E-state index is 0.0894. The molecule has 0 spiro atoms. The highest BCUT2D eigenvalue weighted by Crippen LogP contribution is 2.34. The molecule has 1 N–H and O–H groups in total. The normalized spacial score (nSPS) is 21.0. The van der Waals surface area contributed by atoms with Crippen molar-refractivity contribution < 1.29 is 9.66 Å². The van der Waals surface area contributed by atoms with Crippen LogP contribution in [0.2, 0.25) is 0 Å². The summed E-state index contributed by atoms with van der Waals surface area (Å²) in [5.41, 5.74) is 0.661. The predicted molar refractivity (Wildman–Crippen MR) is 91.7 cm³/mol. The Kier molecular flexibility index (Phi) is 5.43. The van der Waals surface area contributed by atoms with Crippen molar-refractivity contribution in [3.63, 3.8) is 0 Å². The number of benzene rings is 1. The Morgan fingerprint density at radius 2 is 2.19 bits per heavy atom. The molecule has 2 rings (SSSR count). The second-order valence-electron chi connectivity index (χ2n) is 5.49. The highest BCUT2D eigenvalue weighted by molar-refractivity contribution is 14.1. The van der Waals surface area contributed by atoms with Crippen LogP contribution in [0.3, 0.4) is 0 Å². The maximum Gasteiger partial charge on any atom is 0.293 e. The third kappa shape index (κ3) is 3.85. The summed E-state index contributed by atoms with van der Waals surface area (Å²) in [6.07, 6.45) is 3.71. The molecule has 0 aliphatic carbocycles. The number of nitro benzene ring substituents is 1. The average molecular weight is 404 g/mol. The molecule has 116 valence electrons. The number of ether oxygens (including phenoxy) is 1. The lowest BCUT2D eigenvalue weighted by Crippen LogP contribution is -2.43. The molecule has 0 saturated carbocycles. The minimum Gasteiger partial charge on any atom is -0.377 e. The summed E-state index contributed by atoms with van der Waals surface area (Å²) in [5, 5.41) is 14.5. The summed E-state index contributed by atoms with van der Waals surface area (Å²) in [5.74, 6) is 0. The van der Waals surface area contributed by atoms with E-state index in [0.717, 1.165) is 29.3 Å². The molecule has 0 radical (unpaired) electrons. The summed E-state index contributed by atoms with van der Waals surface area (Å²) in [6.45, 7) is 4.98. The molecule has 0 bridgehead atoms. The van der Waals surface area contributed by atoms with Crippen LogP contribution < -0.4 is 5.32 Å². The van der Waals surface area contributed by atoms with E-state index in [-0.39, 0.29) is 22.3 Å². The topological polar surface area (TPSA) is 64.4 Å². The Hall–Kier alpha value is -0.890. The fourth-order valence-corrected chi connectivity index (χ4v) is 3.37. The summed E-state index contributed by atoms with van der Waals surface area (Å²) < 4.78 is 6.82. The number of nitrogens with one attached hydrogen (secondary N) is 1. The maximum absolute atomic E-state index is 11.2. The van der Waals surface area contributed by atoms with E-state index in [1.807, 2.05) is 6.07 Å². The summed E-state index contributed by atoms with van der Waals surface area (Å²) in [4.78, 5) is 10.9. The van der Waals surface area contributed by atoms with Gasteiger partial charge in [0.2, 0.25) is 0 Å². The van der Waals surface area contributed by atoms with Gasteiger partial charge in [0.15, 0.2) is 0 Å². The lowest BCUT2D eigenvalue weighted by Gasteiger charge is -2.40. The van der Waals surface area contributed by atoms with Crippen LogP contribution in [0.1, 0.15) is 39.5 Å². The van der Waals surface area contributed by atoms with Crippen LogP contribution in [0.4, 0.5) is 11.4 Å². The fraction of sp³-hybridized carbons (Fsp3) is 0.600. The van der Waals surface area contributed by atoms with Gasteiger partial charge in [-0.15, -0.1) is 0 Å². The number of halogens is 1. The molecule has 0 amide bonds. The molecule has 1 aromatic rings. The van der Waals surface area contributed by atoms with E-state index >= 15 is 0 Å². The van der Waals surface area contributed by atoms with Gasteiger partial charge in [-0.1, -0.05) is 13.8 Å². The van der Waals surface area contributed by atoms with Crippen molar-refractivity contribution in [3.05, 3.63) is 31.9 Å². The first-order valence-electron chi connectivity index (χ1n) is 7.34. The fourth-order valence-electron chi connectivity index (χ4n) is 2.89. The van der Waals surface area contributed by atoms with E-state index in [1.165, 1.54) is 0 Å². The monoisotopic (exact) mass is 404 g/mol. The van der Waals surface area contributed by atoms with Gasteiger partial charge in [-0.2, -0.15) is 0 Å². The third-order valence-corrected chi connectivity index (χ3v) is 4.97. The number of hydrogen-bond acceptors (Lipinski definition) is 4. The Morgan fingerprint density at radius 3 is 2.81 bits per heavy atom. The van der Waals surface area contributed by atoms with Crippen LogP contribution in [0, 0.1) is 13.7 Å². The molecule has 1 aromatic carbocycles. The van der Waals surface area contributed by atoms with E-state index in [4.69, 9.17) is 4.74 Å². The second-order valence-corrected chi connectivity index (χ2v) is 6.74. The van der Waals surface area contributed by atoms with Crippen LogP contribution >= 0.6 is 22.6 Å². The number of nitro groups is 1. The summed E-state index contributed by atoms with van der Waals surface area (Å²) in [7, 11) is 0. The van der Waals surface area contributed by atoms with E-state index in [0.29, 0.717) is 12.3 Å². The standard InChI is InChI=1S/C15H21IN2O3/c1-3-15(4-2)10-12(7-8-21-15)17-13-6-5-11(16)9-14(13)18(19)20/h5-6,9,12,17H,3-4,7-8,10H2,1-2H3. The van der Waals surface area contributed by atoms with Crippen molar-refractivity contribution in [2.24, 2.45) is 0 Å². The van der Waals surface area contributed by atoms with Gasteiger partial charge in [0, 0.05) is 22.3 Å². The van der Waals surface area contributed by atoms with Gasteiger partial charge in [-0.05, 0) is 60.4 Å². The van der Waals surface area contributed by atoms with E-state index in [1.54, 1.807) is 12.1 Å². The van der Waals surface area contributed by atoms with Crippen molar-refractivity contribution >= 4 is 34.0 Å². The van der Waals surface area contributed by atoms with Gasteiger partial charge in [0.1, 0.15) is 5.69 Å². The molecule has 1 heterocycles. The third-order valence-electron chi connectivity index (χ3n) is 4.30. The van der Waals surface area contributed by atoms with Gasteiger partial charge < -0.3 is 10.1 Å². The second kappa shape index (κ2) is 6.91. The van der Waals surface area contributed by atoms with E-state index < -0.39 is 0 Å². The molecule has 1 fully saturated rings. The Morgan fingerprint density at radius 1 is 1.48 bits per heavy atom. The zero-order valence-electron chi connectivity index (χ0n) is 12.4. The predicted octanol–water partition coefficient (Wildman–Crippen LogP) is 4.35. The average Bonchev–Trinajstić information content (AvgIpc) is 2.49. The van der Waals surface area contributed by atoms with Crippen LogP contribution in [-0.4, -0.2) is 23.2 Å². The molecule has 6 heteroatoms. The molecule has 21 heavy (non-hydrogen) atoms. The molecule has 1 saturated heterocycles. The first-order chi connectivity index (χ1) is 9.99. The molecule has 0 aromatic heterocycles. The molecular weight excluding hydrogens is 383 g/mol. The van der Waals surface area contributed by atoms with Crippen molar-refractivity contribution in [1.82, 2.24) is 0 Å². The van der Waals surface area contributed by atoms with Gasteiger partial charge in [-0.25, -0.2) is 0 Å². The van der Waals surface area contributed by atoms with Crippen molar-refractivity contribution in [2.45, 2.75) is 51.2 Å². The van der Waals surface area contributed by atoms with Crippen molar-refractivity contribution in [3.8, 4) is 0 Å². The van der Waals surface area contributed by atoms with Gasteiger partial charge >= 0.3 is 0 Å². The Balaban J connectivity index is 2.16. The number of hydrogen-bond donors (Lipinski definition) is 1. The van der Waals surface area contributed by atoms with Gasteiger partial charge in [0.25, 0.3) is 5.69 Å². The van der Waals surface area contributed by atoms with E-state index in [9.17, 15) is 10.1 Å². The van der Waals surface area contributed by atoms with Gasteiger partial charge in [0.05, 0.1) is 10.5 Å². The number of nitrogens with zero attached hydrogens (tertiary/aromatic N) is 1. The molecule has 1 aliphatic rings. The Labute approximate surface area is 138 Å². The molecule has 5 nitrogen and oxygen atoms in total. The Bertz CT molecular complexity index is 518. The molecule has 1 unspecified atom stereocenters. The largest absolute Gasteiger partial charge is 0.377 e.